The second-order valence-electron chi connectivity index (χ2n) is 47.5. The van der Waals surface area contributed by atoms with Gasteiger partial charge in [0.25, 0.3) is 0 Å². The Labute approximate surface area is 684 Å². The molecule has 1 N–H and O–H groups in total. The summed E-state index contributed by atoms with van der Waals surface area (Å²) in [5, 5.41) is 0. The number of H-pyrrole nitrogens is 1. The summed E-state index contributed by atoms with van der Waals surface area (Å²) >= 11 is 0. The summed E-state index contributed by atoms with van der Waals surface area (Å²) in [6.45, 7) is 97.7. The third-order valence-electron chi connectivity index (χ3n) is 21.9. The van der Waals surface area contributed by atoms with E-state index in [1.165, 1.54) is 155 Å². The molecule has 0 radical (unpaired) electrons. The van der Waals surface area contributed by atoms with Crippen LogP contribution in [0, 0.1) is 44.3 Å². The first-order valence-corrected chi connectivity index (χ1v) is 42.7. The number of aromatic amines is 1. The van der Waals surface area contributed by atoms with Crippen molar-refractivity contribution in [3.05, 3.63) is 122 Å². The Balaban J connectivity index is 0.000000273. The zero-order valence-corrected chi connectivity index (χ0v) is 78.7. The summed E-state index contributed by atoms with van der Waals surface area (Å²) in [6, 6.07) is 6.18. The maximum atomic E-state index is 5.03. The Morgan fingerprint density at radius 3 is 1.11 bits per heavy atom. The normalized spacial score (nSPS) is 18.5. The molecule has 2 fully saturated rings. The Kier molecular flexibility index (Phi) is 30.7. The van der Waals surface area contributed by atoms with Crippen LogP contribution >= 0.6 is 0 Å². The fourth-order valence-electron chi connectivity index (χ4n) is 17.1. The second-order valence-corrected chi connectivity index (χ2v) is 47.5. The van der Waals surface area contributed by atoms with E-state index in [-0.39, 0.29) is 90.7 Å². The van der Waals surface area contributed by atoms with E-state index in [1.807, 2.05) is 12.3 Å². The fourth-order valence-corrected chi connectivity index (χ4v) is 17.1. The first-order valence-electron chi connectivity index (χ1n) is 42.7. The molecular formula is C100H173N11. The van der Waals surface area contributed by atoms with Crippen molar-refractivity contribution in [3.8, 4) is 0 Å². The topological polar surface area (TPSA) is 119 Å². The molecule has 5 aromatic rings. The number of pyridine rings is 1. The van der Waals surface area contributed by atoms with Gasteiger partial charge < -0.3 is 18.5 Å². The number of hydrogen-bond acceptors (Lipinski definition) is 7. The molecular weight excluding hydrogens is 1360 g/mol. The SMILES string of the molecule is C.C.CC(C)(C)C1=C(C(C)(C)C)C2CCCC2=N1.CC(C)(C)C1=C(C(C)(C)C)C2CCCCC2=N1.CC(C)(C)C1=C(C(C)(C)C)N=CC1.CC(C)(C)c1nc2ccccn2c1C(C)(C)C.CC(C)(C)c1nc2n(c1C(C)(C)C)CCC2.CC(C)(C)c1nc2n(c1C(C)(C)C)CCCC2.CC(C)(C)c1nc[nH]c1C(C)(C)C. The monoisotopic (exact) mass is 1530 g/mol. The largest absolute Gasteiger partial charge is 0.348 e. The Morgan fingerprint density at radius 2 is 0.739 bits per heavy atom. The van der Waals surface area contributed by atoms with Gasteiger partial charge in [0.1, 0.15) is 17.3 Å². The number of imidazole rings is 4. The van der Waals surface area contributed by atoms with Crippen LogP contribution in [0.15, 0.2) is 79.5 Å². The molecule has 5 aromatic heterocycles. The molecule has 0 bridgehead atoms. The van der Waals surface area contributed by atoms with Crippen molar-refractivity contribution in [2.24, 2.45) is 59.3 Å². The van der Waals surface area contributed by atoms with E-state index in [9.17, 15) is 0 Å². The third-order valence-corrected chi connectivity index (χ3v) is 21.9. The number of allylic oxidation sites excluding steroid dienone is 6. The maximum Gasteiger partial charge on any atom is 0.137 e. The van der Waals surface area contributed by atoms with Crippen LogP contribution < -0.4 is 0 Å². The van der Waals surface area contributed by atoms with Gasteiger partial charge in [-0.05, 0) is 103 Å². The minimum absolute atomic E-state index is 0. The molecule has 2 unspecified atom stereocenters. The predicted molar refractivity (Wildman–Crippen MR) is 488 cm³/mol. The third kappa shape index (κ3) is 24.6. The average molecular weight is 1530 g/mol. The van der Waals surface area contributed by atoms with E-state index in [0.29, 0.717) is 11.8 Å². The molecule has 0 saturated heterocycles. The highest BCUT2D eigenvalue weighted by Crippen LogP contribution is 2.52. The molecule has 11 nitrogen and oxygen atoms in total. The number of aromatic nitrogens is 8. The zero-order valence-electron chi connectivity index (χ0n) is 78.7. The Bertz CT molecular complexity index is 4080. The van der Waals surface area contributed by atoms with Crippen molar-refractivity contribution in [2.75, 3.05) is 0 Å². The van der Waals surface area contributed by atoms with Crippen molar-refractivity contribution >= 4 is 23.3 Å². The Hall–Kier alpha value is -5.45. The first kappa shape index (κ1) is 97.9. The van der Waals surface area contributed by atoms with E-state index >= 15 is 0 Å². The lowest BCUT2D eigenvalue weighted by Gasteiger charge is -2.33. The van der Waals surface area contributed by atoms with Crippen LogP contribution in [0.1, 0.15) is 433 Å². The summed E-state index contributed by atoms with van der Waals surface area (Å²) in [5.41, 5.74) is 25.7. The number of rotatable bonds is 0. The van der Waals surface area contributed by atoms with Crippen LogP contribution in [0.4, 0.5) is 0 Å². The quantitative estimate of drug-likeness (QED) is 0.166. The molecule has 2 saturated carbocycles. The molecule has 0 amide bonds. The van der Waals surface area contributed by atoms with Gasteiger partial charge in [0.05, 0.1) is 34.8 Å². The van der Waals surface area contributed by atoms with Crippen molar-refractivity contribution in [1.29, 1.82) is 0 Å². The second kappa shape index (κ2) is 34.8. The first-order chi connectivity index (χ1) is 49.0. The standard InChI is InChI=1S/C16H27N.C15H26N2.C15H22N2.C15H25N.C14H24N2.C12H21N.C11H20N2.2CH4/c1-15(2,3)13-11-9-7-8-10-12(11)17-14(13)16(4,5)6;2*1-14(2,3)12-13(15(4,5)6)17-10-8-7-9-11(17)16-12;1-14(2,3)12-10-8-7-9-11(10)16-13(12)15(4,5)6;1-13(2,3)11-12(14(4,5)6)16-9-7-8-10(16)15-11;1-11(2,3)9-7-8-13-10(9)12(4,5)6;1-10(2,3)8-9(11(4,5)6)13-7-12-8;;/h11H,7-10H2,1-6H3;7-10H2,1-6H3;7-10H,1-6H3;10H,7-9H2,1-6H3;7-9H2,1-6H3;8H,7H2,1-6H3;7H,1-6H3,(H,12,13);2*1H4. The minimum atomic E-state index is 0. The van der Waals surface area contributed by atoms with Crippen LogP contribution in [-0.4, -0.2) is 56.1 Å². The molecule has 111 heavy (non-hydrogen) atoms. The predicted octanol–water partition coefficient (Wildman–Crippen LogP) is 28.8. The molecule has 5 aliphatic heterocycles. The van der Waals surface area contributed by atoms with E-state index < -0.39 is 0 Å². The lowest BCUT2D eigenvalue weighted by atomic mass is 9.70. The highest BCUT2D eigenvalue weighted by atomic mass is 15.1. The van der Waals surface area contributed by atoms with Crippen LogP contribution in [-0.2, 0) is 69.3 Å². The van der Waals surface area contributed by atoms with Crippen molar-refractivity contribution in [2.45, 2.75) is 446 Å². The number of aliphatic imine (C=N–C) groups is 3. The fraction of sp³-hybridized carbons (Fsp3) is 0.750. The highest BCUT2D eigenvalue weighted by Gasteiger charge is 2.44. The van der Waals surface area contributed by atoms with Crippen molar-refractivity contribution < 1.29 is 0 Å². The van der Waals surface area contributed by atoms with Gasteiger partial charge in [-0.25, -0.2) is 19.9 Å². The number of nitrogens with one attached hydrogen (secondary N) is 1. The van der Waals surface area contributed by atoms with Gasteiger partial charge in [-0.15, -0.1) is 0 Å². The molecule has 11 heteroatoms. The lowest BCUT2D eigenvalue weighted by Crippen LogP contribution is -2.25. The van der Waals surface area contributed by atoms with Crippen LogP contribution in [0.25, 0.3) is 5.65 Å². The summed E-state index contributed by atoms with van der Waals surface area (Å²) < 4.78 is 7.17. The zero-order chi connectivity index (χ0) is 83.4. The number of fused-ring (bicyclic) bond motifs is 5. The van der Waals surface area contributed by atoms with Gasteiger partial charge in [-0.3, -0.25) is 15.0 Å². The van der Waals surface area contributed by atoms with Gasteiger partial charge in [-0.1, -0.05) is 318 Å². The number of nitrogens with zero attached hydrogens (tertiary/aromatic N) is 10. The molecule has 10 heterocycles. The van der Waals surface area contributed by atoms with E-state index in [2.05, 4.69) is 338 Å². The minimum Gasteiger partial charge on any atom is -0.348 e. The van der Waals surface area contributed by atoms with Crippen LogP contribution in [0.2, 0.25) is 0 Å². The van der Waals surface area contributed by atoms with Crippen LogP contribution in [0.3, 0.4) is 0 Å². The van der Waals surface area contributed by atoms with Gasteiger partial charge >= 0.3 is 0 Å². The molecule has 2 aliphatic carbocycles. The highest BCUT2D eigenvalue weighted by molar-refractivity contribution is 5.95. The molecule has 2 atom stereocenters. The molecule has 0 spiro atoms. The maximum absolute atomic E-state index is 5.03. The van der Waals surface area contributed by atoms with E-state index in [0.717, 1.165) is 38.0 Å². The van der Waals surface area contributed by atoms with Crippen LogP contribution in [0.5, 0.6) is 0 Å². The van der Waals surface area contributed by atoms with Gasteiger partial charge in [0.15, 0.2) is 0 Å². The summed E-state index contributed by atoms with van der Waals surface area (Å²) in [7, 11) is 0. The molecule has 0 aromatic carbocycles. The van der Waals surface area contributed by atoms with E-state index in [4.69, 9.17) is 24.9 Å². The summed E-state index contributed by atoms with van der Waals surface area (Å²) in [6.07, 6.45) is 22.3. The number of aryl methyl sites for hydroxylation is 2. The van der Waals surface area contributed by atoms with Gasteiger partial charge in [-0.2, -0.15) is 0 Å². The van der Waals surface area contributed by atoms with Crippen molar-refractivity contribution in [3.63, 3.8) is 0 Å². The smallest absolute Gasteiger partial charge is 0.137 e. The molecule has 12 rings (SSSR count). The summed E-state index contributed by atoms with van der Waals surface area (Å²) in [4.78, 5) is 36.8. The van der Waals surface area contributed by atoms with Crippen molar-refractivity contribution in [1.82, 2.24) is 38.5 Å². The number of hydrogen-bond donors (Lipinski definition) is 1. The molecule has 7 aliphatic rings. The molecule has 628 valence electrons. The van der Waals surface area contributed by atoms with E-state index in [1.54, 1.807) is 17.5 Å². The summed E-state index contributed by atoms with van der Waals surface area (Å²) in [5.74, 6) is 3.95. The lowest BCUT2D eigenvalue weighted by molar-refractivity contribution is 0.407. The Morgan fingerprint density at radius 1 is 0.351 bits per heavy atom. The average Bonchev–Trinajstić information content (AvgIpc) is 1.64. The van der Waals surface area contributed by atoms with Gasteiger partial charge in [0.2, 0.25) is 0 Å². The van der Waals surface area contributed by atoms with Gasteiger partial charge in [0, 0.05) is 162 Å².